The van der Waals surface area contributed by atoms with E-state index in [-0.39, 0.29) is 40.5 Å². The summed E-state index contributed by atoms with van der Waals surface area (Å²) in [4.78, 5) is 24.1. The van der Waals surface area contributed by atoms with Crippen molar-refractivity contribution >= 4 is 17.6 Å². The minimum Gasteiger partial charge on any atom is -0.508 e. The van der Waals surface area contributed by atoms with E-state index in [4.69, 9.17) is 0 Å². The maximum atomic E-state index is 10.7. The van der Waals surface area contributed by atoms with Crippen molar-refractivity contribution in [1.29, 1.82) is 0 Å². The van der Waals surface area contributed by atoms with Crippen LogP contribution in [0.2, 0.25) is 0 Å². The average molecular weight is 317 g/mol. The Bertz CT molecular complexity index is 803. The Morgan fingerprint density at radius 2 is 1.52 bits per heavy atom. The fraction of sp³-hybridized carbons (Fsp3) is 0.0714. The molecule has 2 aromatic carbocycles. The number of phenols is 2. The third-order valence-electron chi connectivity index (χ3n) is 2.99. The Morgan fingerprint density at radius 1 is 0.957 bits per heavy atom. The van der Waals surface area contributed by atoms with Gasteiger partial charge in [0, 0.05) is 41.6 Å². The molecular weight excluding hydrogens is 306 g/mol. The van der Waals surface area contributed by atoms with E-state index in [0.717, 1.165) is 18.2 Å². The summed E-state index contributed by atoms with van der Waals surface area (Å²) >= 11 is 0. The van der Waals surface area contributed by atoms with Crippen molar-refractivity contribution in [1.82, 2.24) is 0 Å². The maximum absolute atomic E-state index is 10.7. The Morgan fingerprint density at radius 3 is 2.13 bits per heavy atom. The molecule has 9 nitrogen and oxygen atoms in total. The fourth-order valence-electron chi connectivity index (χ4n) is 1.81. The normalized spacial score (nSPS) is 10.8. The molecule has 2 N–H and O–H groups in total. The van der Waals surface area contributed by atoms with E-state index in [0.29, 0.717) is 0 Å². The predicted molar refractivity (Wildman–Crippen MR) is 80.8 cm³/mol. The summed E-state index contributed by atoms with van der Waals surface area (Å²) in [6.07, 6.45) is 1.20. The van der Waals surface area contributed by atoms with Crippen molar-refractivity contribution in [2.45, 2.75) is 6.54 Å². The van der Waals surface area contributed by atoms with Crippen LogP contribution < -0.4 is 0 Å². The number of hydrogen-bond acceptors (Lipinski definition) is 7. The Balaban J connectivity index is 2.22. The van der Waals surface area contributed by atoms with Gasteiger partial charge in [-0.2, -0.15) is 0 Å². The molecule has 2 rings (SSSR count). The second kappa shape index (κ2) is 6.52. The van der Waals surface area contributed by atoms with Gasteiger partial charge in [0.25, 0.3) is 11.4 Å². The van der Waals surface area contributed by atoms with E-state index < -0.39 is 9.85 Å². The molecule has 0 atom stereocenters. The van der Waals surface area contributed by atoms with Gasteiger partial charge in [-0.25, -0.2) is 0 Å². The highest BCUT2D eigenvalue weighted by Gasteiger charge is 2.11. The molecule has 2 aromatic rings. The number of rotatable bonds is 5. The zero-order valence-corrected chi connectivity index (χ0v) is 11.6. The number of benzene rings is 2. The fourth-order valence-corrected chi connectivity index (χ4v) is 1.81. The first kappa shape index (κ1) is 15.9. The summed E-state index contributed by atoms with van der Waals surface area (Å²) in [5, 5.41) is 40.7. The molecule has 0 unspecified atom stereocenters. The Kier molecular flexibility index (Phi) is 4.50. The van der Waals surface area contributed by atoms with Crippen molar-refractivity contribution in [2.24, 2.45) is 4.99 Å². The van der Waals surface area contributed by atoms with Gasteiger partial charge in [0.1, 0.15) is 11.5 Å². The Hall–Kier alpha value is -3.49. The van der Waals surface area contributed by atoms with Crippen molar-refractivity contribution in [2.75, 3.05) is 0 Å². The van der Waals surface area contributed by atoms with Crippen LogP contribution in [0.1, 0.15) is 11.1 Å². The zero-order chi connectivity index (χ0) is 17.0. The number of phenolic OH excluding ortho intramolecular Hbond substituents is 2. The van der Waals surface area contributed by atoms with Gasteiger partial charge in [0.15, 0.2) is 0 Å². The monoisotopic (exact) mass is 317 g/mol. The lowest BCUT2D eigenvalue weighted by Crippen LogP contribution is -1.92. The first-order chi connectivity index (χ1) is 10.9. The number of nitro benzene ring substituents is 2. The minimum atomic E-state index is -0.608. The first-order valence-electron chi connectivity index (χ1n) is 6.32. The lowest BCUT2D eigenvalue weighted by Gasteiger charge is -2.02. The lowest BCUT2D eigenvalue weighted by molar-refractivity contribution is -0.385. The molecule has 0 aliphatic carbocycles. The van der Waals surface area contributed by atoms with Crippen molar-refractivity contribution in [3.8, 4) is 11.5 Å². The van der Waals surface area contributed by atoms with Gasteiger partial charge in [0.05, 0.1) is 16.4 Å². The van der Waals surface area contributed by atoms with Gasteiger partial charge < -0.3 is 10.2 Å². The maximum Gasteiger partial charge on any atom is 0.270 e. The van der Waals surface area contributed by atoms with E-state index in [1.807, 2.05) is 0 Å². The predicted octanol–water partition coefficient (Wildman–Crippen LogP) is 2.53. The molecule has 0 radical (unpaired) electrons. The molecule has 118 valence electrons. The molecule has 0 heterocycles. The van der Waals surface area contributed by atoms with E-state index in [2.05, 4.69) is 4.99 Å². The lowest BCUT2D eigenvalue weighted by atomic mass is 10.1. The van der Waals surface area contributed by atoms with Crippen LogP contribution in [0.25, 0.3) is 0 Å². The molecule has 0 fully saturated rings. The SMILES string of the molecule is O=[N+]([O-])c1ccc(O)c(C=NCc2cc([N+](=O)[O-])ccc2O)c1. The topological polar surface area (TPSA) is 139 Å². The highest BCUT2D eigenvalue weighted by Crippen LogP contribution is 2.24. The molecule has 0 saturated heterocycles. The van der Waals surface area contributed by atoms with Crippen molar-refractivity contribution < 1.29 is 20.1 Å². The highest BCUT2D eigenvalue weighted by atomic mass is 16.6. The summed E-state index contributed by atoms with van der Waals surface area (Å²) in [5.41, 5.74) is -0.0434. The third kappa shape index (κ3) is 3.79. The number of aromatic hydroxyl groups is 2. The van der Waals surface area contributed by atoms with Crippen LogP contribution >= 0.6 is 0 Å². The van der Waals surface area contributed by atoms with E-state index >= 15 is 0 Å². The summed E-state index contributed by atoms with van der Waals surface area (Å²) < 4.78 is 0. The minimum absolute atomic E-state index is 0.0877. The molecule has 23 heavy (non-hydrogen) atoms. The van der Waals surface area contributed by atoms with E-state index in [1.165, 1.54) is 24.4 Å². The van der Waals surface area contributed by atoms with E-state index in [1.54, 1.807) is 0 Å². The van der Waals surface area contributed by atoms with Gasteiger partial charge in [-0.05, 0) is 12.1 Å². The average Bonchev–Trinajstić information content (AvgIpc) is 2.50. The smallest absolute Gasteiger partial charge is 0.270 e. The second-order valence-corrected chi connectivity index (χ2v) is 4.54. The highest BCUT2D eigenvalue weighted by molar-refractivity contribution is 5.84. The molecular formula is C14H11N3O6. The van der Waals surface area contributed by atoms with Crippen LogP contribution in [0.5, 0.6) is 11.5 Å². The number of non-ortho nitro benzene ring substituents is 2. The molecule has 9 heteroatoms. The van der Waals surface area contributed by atoms with Gasteiger partial charge in [-0.1, -0.05) is 0 Å². The van der Waals surface area contributed by atoms with Crippen molar-refractivity contribution in [3.05, 3.63) is 67.8 Å². The molecule has 0 amide bonds. The summed E-state index contributed by atoms with van der Waals surface area (Å²) in [5.74, 6) is -0.348. The van der Waals surface area contributed by atoms with Gasteiger partial charge >= 0.3 is 0 Å². The van der Waals surface area contributed by atoms with E-state index in [9.17, 15) is 30.4 Å². The van der Waals surface area contributed by atoms with Gasteiger partial charge in [-0.3, -0.25) is 25.2 Å². The van der Waals surface area contributed by atoms with Crippen molar-refractivity contribution in [3.63, 3.8) is 0 Å². The molecule has 0 aromatic heterocycles. The summed E-state index contributed by atoms with van der Waals surface area (Å²) in [6, 6.07) is 7.00. The molecule has 0 spiro atoms. The third-order valence-corrected chi connectivity index (χ3v) is 2.99. The van der Waals surface area contributed by atoms with Gasteiger partial charge in [-0.15, -0.1) is 0 Å². The van der Waals surface area contributed by atoms with Crippen LogP contribution in [0.3, 0.4) is 0 Å². The second-order valence-electron chi connectivity index (χ2n) is 4.54. The number of aliphatic imine (C=N–C) groups is 1. The summed E-state index contributed by atoms with van der Waals surface area (Å²) in [6.45, 7) is -0.0877. The first-order valence-corrected chi connectivity index (χ1v) is 6.32. The Labute approximate surface area is 129 Å². The number of hydrogen-bond donors (Lipinski definition) is 2. The quantitative estimate of drug-likeness (QED) is 0.493. The zero-order valence-electron chi connectivity index (χ0n) is 11.6. The van der Waals surface area contributed by atoms with Crippen LogP contribution in [-0.4, -0.2) is 26.3 Å². The van der Waals surface area contributed by atoms with Crippen LogP contribution in [0.4, 0.5) is 11.4 Å². The van der Waals surface area contributed by atoms with Crippen LogP contribution in [-0.2, 0) is 6.54 Å². The molecule has 0 saturated carbocycles. The van der Waals surface area contributed by atoms with Crippen LogP contribution in [0.15, 0.2) is 41.4 Å². The van der Waals surface area contributed by atoms with Gasteiger partial charge in [0.2, 0.25) is 0 Å². The standard InChI is InChI=1S/C14H11N3O6/c18-13-3-1-11(16(20)21)5-9(13)7-15-8-10-6-12(17(22)23)2-4-14(10)19/h1-7,18-19H,8H2. The molecule has 0 aliphatic rings. The number of nitrogens with zero attached hydrogens (tertiary/aromatic N) is 3. The number of nitro groups is 2. The largest absolute Gasteiger partial charge is 0.508 e. The van der Waals surface area contributed by atoms with Crippen LogP contribution in [0, 0.1) is 20.2 Å². The molecule has 0 aliphatic heterocycles. The molecule has 0 bridgehead atoms. The summed E-state index contributed by atoms with van der Waals surface area (Å²) in [7, 11) is 0.